The molecule has 0 aromatic heterocycles. The summed E-state index contributed by atoms with van der Waals surface area (Å²) in [6.07, 6.45) is 1.42. The Bertz CT molecular complexity index is 340. The van der Waals surface area contributed by atoms with E-state index >= 15 is 0 Å². The molecule has 0 saturated carbocycles. The Morgan fingerprint density at radius 2 is 2.00 bits per heavy atom. The number of anilines is 1. The number of carbonyl (C=O) groups excluding carboxylic acids is 1. The lowest BCUT2D eigenvalue weighted by Gasteiger charge is -2.04. The molecule has 3 nitrogen and oxygen atoms in total. The molecule has 0 aliphatic carbocycles. The maximum Gasteiger partial charge on any atom is 0.411 e. The fraction of sp³-hybridized carbons (Fsp3) is 0.250. The highest BCUT2D eigenvalue weighted by atomic mass is 16.5. The third kappa shape index (κ3) is 4.86. The van der Waals surface area contributed by atoms with Crippen LogP contribution in [0.4, 0.5) is 10.5 Å². The minimum Gasteiger partial charge on any atom is -0.445 e. The van der Waals surface area contributed by atoms with Gasteiger partial charge in [0.25, 0.3) is 0 Å². The number of carbonyl (C=O) groups is 1. The Labute approximate surface area is 89.8 Å². The van der Waals surface area contributed by atoms with E-state index < -0.39 is 6.09 Å². The molecule has 0 saturated heterocycles. The van der Waals surface area contributed by atoms with Crippen molar-refractivity contribution in [2.24, 2.45) is 0 Å². The van der Waals surface area contributed by atoms with Gasteiger partial charge in [0, 0.05) is 5.69 Å². The molecule has 1 aromatic rings. The van der Waals surface area contributed by atoms with Crippen LogP contribution in [0, 0.1) is 0 Å². The minimum atomic E-state index is -0.432. The quantitative estimate of drug-likeness (QED) is 0.769. The van der Waals surface area contributed by atoms with Crippen LogP contribution in [-0.2, 0) is 4.74 Å². The zero-order chi connectivity index (χ0) is 11.1. The van der Waals surface area contributed by atoms with E-state index in [2.05, 4.69) is 5.32 Å². The first-order valence-corrected chi connectivity index (χ1v) is 4.80. The number of amides is 1. The molecular weight excluding hydrogens is 190 g/mol. The minimum absolute atomic E-state index is 0.307. The van der Waals surface area contributed by atoms with Crippen LogP contribution in [0.3, 0.4) is 0 Å². The summed E-state index contributed by atoms with van der Waals surface area (Å²) in [4.78, 5) is 11.2. The first kappa shape index (κ1) is 11.3. The molecule has 0 bridgehead atoms. The Balaban J connectivity index is 2.34. The first-order valence-electron chi connectivity index (χ1n) is 4.80. The molecule has 0 radical (unpaired) electrons. The molecule has 0 spiro atoms. The average molecular weight is 205 g/mol. The molecule has 15 heavy (non-hydrogen) atoms. The zero-order valence-electron chi connectivity index (χ0n) is 8.99. The van der Waals surface area contributed by atoms with Crippen molar-refractivity contribution in [3.8, 4) is 0 Å². The van der Waals surface area contributed by atoms with E-state index in [0.29, 0.717) is 6.61 Å². The summed E-state index contributed by atoms with van der Waals surface area (Å²) >= 11 is 0. The maximum atomic E-state index is 11.2. The normalized spacial score (nSPS) is 9.20. The molecular formula is C12H15NO2. The van der Waals surface area contributed by atoms with Gasteiger partial charge in [-0.2, -0.15) is 0 Å². The largest absolute Gasteiger partial charge is 0.445 e. The second-order valence-electron chi connectivity index (χ2n) is 3.37. The molecule has 1 amide bonds. The Hall–Kier alpha value is -1.77. The fourth-order valence-electron chi connectivity index (χ4n) is 0.959. The van der Waals surface area contributed by atoms with E-state index in [-0.39, 0.29) is 0 Å². The lowest BCUT2D eigenvalue weighted by atomic mass is 10.3. The SMILES string of the molecule is CC(C)=CCOC(=O)Nc1ccccc1. The third-order valence-electron chi connectivity index (χ3n) is 1.73. The number of hydrogen-bond acceptors (Lipinski definition) is 2. The van der Waals surface area contributed by atoms with Crippen molar-refractivity contribution in [1.82, 2.24) is 0 Å². The van der Waals surface area contributed by atoms with Crippen molar-refractivity contribution in [3.63, 3.8) is 0 Å². The summed E-state index contributed by atoms with van der Waals surface area (Å²) in [7, 11) is 0. The van der Waals surface area contributed by atoms with E-state index in [4.69, 9.17) is 4.74 Å². The average Bonchev–Trinajstić information content (AvgIpc) is 2.18. The van der Waals surface area contributed by atoms with Crippen molar-refractivity contribution in [2.75, 3.05) is 11.9 Å². The summed E-state index contributed by atoms with van der Waals surface area (Å²) in [6.45, 7) is 4.22. The van der Waals surface area contributed by atoms with Gasteiger partial charge in [0.2, 0.25) is 0 Å². The summed E-state index contributed by atoms with van der Waals surface area (Å²) < 4.78 is 4.93. The number of benzene rings is 1. The predicted molar refractivity (Wildman–Crippen MR) is 60.8 cm³/mol. The smallest absolute Gasteiger partial charge is 0.411 e. The van der Waals surface area contributed by atoms with Gasteiger partial charge in [0.15, 0.2) is 0 Å². The summed E-state index contributed by atoms with van der Waals surface area (Å²) in [5.74, 6) is 0. The number of para-hydroxylation sites is 1. The lowest BCUT2D eigenvalue weighted by Crippen LogP contribution is -2.13. The van der Waals surface area contributed by atoms with Gasteiger partial charge >= 0.3 is 6.09 Å². The fourth-order valence-corrected chi connectivity index (χ4v) is 0.959. The summed E-state index contributed by atoms with van der Waals surface area (Å²) in [5, 5.41) is 2.63. The summed E-state index contributed by atoms with van der Waals surface area (Å²) in [5.41, 5.74) is 1.86. The molecule has 1 rings (SSSR count). The standard InChI is InChI=1S/C12H15NO2/c1-10(2)8-9-15-12(14)13-11-6-4-3-5-7-11/h3-8H,9H2,1-2H3,(H,13,14). The first-order chi connectivity index (χ1) is 7.18. The van der Waals surface area contributed by atoms with Crippen LogP contribution in [0.25, 0.3) is 0 Å². The molecule has 0 aliphatic heterocycles. The third-order valence-corrected chi connectivity index (χ3v) is 1.73. The molecule has 3 heteroatoms. The van der Waals surface area contributed by atoms with Crippen molar-refractivity contribution in [1.29, 1.82) is 0 Å². The van der Waals surface area contributed by atoms with Crippen LogP contribution in [-0.4, -0.2) is 12.7 Å². The molecule has 1 N–H and O–H groups in total. The number of rotatable bonds is 3. The molecule has 1 aromatic carbocycles. The van der Waals surface area contributed by atoms with E-state index in [9.17, 15) is 4.79 Å². The van der Waals surface area contributed by atoms with E-state index in [1.807, 2.05) is 50.3 Å². The maximum absolute atomic E-state index is 11.2. The van der Waals surface area contributed by atoms with E-state index in [0.717, 1.165) is 11.3 Å². The molecule has 0 atom stereocenters. The highest BCUT2D eigenvalue weighted by molar-refractivity contribution is 5.84. The molecule has 0 fully saturated rings. The summed E-state index contributed by atoms with van der Waals surface area (Å²) in [6, 6.07) is 9.21. The van der Waals surface area contributed by atoms with Crippen molar-refractivity contribution >= 4 is 11.8 Å². The number of hydrogen-bond donors (Lipinski definition) is 1. The van der Waals surface area contributed by atoms with Crippen LogP contribution in [0.5, 0.6) is 0 Å². The molecule has 0 unspecified atom stereocenters. The van der Waals surface area contributed by atoms with Gasteiger partial charge in [0.05, 0.1) is 0 Å². The molecule has 80 valence electrons. The zero-order valence-corrected chi connectivity index (χ0v) is 8.99. The van der Waals surface area contributed by atoms with Gasteiger partial charge in [0.1, 0.15) is 6.61 Å². The van der Waals surface area contributed by atoms with Crippen LogP contribution in [0.15, 0.2) is 42.0 Å². The topological polar surface area (TPSA) is 38.3 Å². The Kier molecular flexibility index (Phi) is 4.41. The number of allylic oxidation sites excluding steroid dienone is 1. The second kappa shape index (κ2) is 5.86. The van der Waals surface area contributed by atoms with Gasteiger partial charge in [-0.25, -0.2) is 4.79 Å². The van der Waals surface area contributed by atoms with Crippen molar-refractivity contribution in [2.45, 2.75) is 13.8 Å². The molecule has 0 aliphatic rings. The second-order valence-corrected chi connectivity index (χ2v) is 3.37. The van der Waals surface area contributed by atoms with Gasteiger partial charge in [-0.05, 0) is 32.1 Å². The van der Waals surface area contributed by atoms with Gasteiger partial charge < -0.3 is 4.74 Å². The van der Waals surface area contributed by atoms with Gasteiger partial charge in [-0.15, -0.1) is 0 Å². The number of ether oxygens (including phenoxy) is 1. The lowest BCUT2D eigenvalue weighted by molar-refractivity contribution is 0.174. The Morgan fingerprint density at radius 1 is 1.33 bits per heavy atom. The van der Waals surface area contributed by atoms with Gasteiger partial charge in [-0.1, -0.05) is 23.8 Å². The van der Waals surface area contributed by atoms with Crippen molar-refractivity contribution in [3.05, 3.63) is 42.0 Å². The monoisotopic (exact) mass is 205 g/mol. The van der Waals surface area contributed by atoms with Crippen LogP contribution in [0.2, 0.25) is 0 Å². The highest BCUT2D eigenvalue weighted by Crippen LogP contribution is 2.05. The predicted octanol–water partition coefficient (Wildman–Crippen LogP) is 3.20. The van der Waals surface area contributed by atoms with Crippen LogP contribution >= 0.6 is 0 Å². The van der Waals surface area contributed by atoms with Crippen LogP contribution < -0.4 is 5.32 Å². The van der Waals surface area contributed by atoms with Gasteiger partial charge in [-0.3, -0.25) is 5.32 Å². The Morgan fingerprint density at radius 3 is 2.60 bits per heavy atom. The van der Waals surface area contributed by atoms with E-state index in [1.165, 1.54) is 0 Å². The highest BCUT2D eigenvalue weighted by Gasteiger charge is 2.00. The molecule has 0 heterocycles. The van der Waals surface area contributed by atoms with Crippen molar-refractivity contribution < 1.29 is 9.53 Å². The number of nitrogens with one attached hydrogen (secondary N) is 1. The van der Waals surface area contributed by atoms with E-state index in [1.54, 1.807) is 0 Å². The van der Waals surface area contributed by atoms with Crippen LogP contribution in [0.1, 0.15) is 13.8 Å².